The molecular weight excluding hydrogens is 524 g/mol. The molecule has 1 saturated carbocycles. The second-order valence-electron chi connectivity index (χ2n) is 10.9. The Morgan fingerprint density at radius 2 is 1.57 bits per heavy atom. The minimum absolute atomic E-state index is 0.0334. The van der Waals surface area contributed by atoms with Crippen molar-refractivity contribution in [1.29, 1.82) is 0 Å². The topological polar surface area (TPSA) is 91.4 Å². The average Bonchev–Trinajstić information content (AvgIpc) is 3.84. The number of carbonyl (C=O) groups is 3. The van der Waals surface area contributed by atoms with Crippen LogP contribution in [0.4, 0.5) is 11.4 Å². The molecule has 1 fully saturated rings. The molecule has 7 nitrogen and oxygen atoms in total. The first-order chi connectivity index (χ1) is 20.4. The molecule has 42 heavy (non-hydrogen) atoms. The predicted octanol–water partition coefficient (Wildman–Crippen LogP) is 6.43. The van der Waals surface area contributed by atoms with Crippen LogP contribution in [0.1, 0.15) is 72.7 Å². The molecule has 1 aliphatic carbocycles. The van der Waals surface area contributed by atoms with Crippen molar-refractivity contribution in [1.82, 2.24) is 10.3 Å². The van der Waals surface area contributed by atoms with E-state index in [0.29, 0.717) is 47.1 Å². The number of amides is 3. The van der Waals surface area contributed by atoms with Crippen molar-refractivity contribution in [2.75, 3.05) is 16.8 Å². The summed E-state index contributed by atoms with van der Waals surface area (Å²) in [4.78, 5) is 45.1. The highest BCUT2D eigenvalue weighted by molar-refractivity contribution is 6.09. The van der Waals surface area contributed by atoms with Gasteiger partial charge in [0, 0.05) is 41.3 Å². The molecule has 1 aromatic heterocycles. The lowest BCUT2D eigenvalue weighted by Gasteiger charge is -2.23. The molecule has 2 heterocycles. The maximum absolute atomic E-state index is 13.8. The first-order valence-corrected chi connectivity index (χ1v) is 14.2. The number of hydrogen-bond donors (Lipinski definition) is 2. The van der Waals surface area contributed by atoms with E-state index in [1.807, 2.05) is 66.4 Å². The lowest BCUT2D eigenvalue weighted by molar-refractivity contribution is 0.0948. The highest BCUT2D eigenvalue weighted by Gasteiger charge is 2.25. The van der Waals surface area contributed by atoms with Crippen LogP contribution in [-0.2, 0) is 0 Å². The molecule has 0 spiro atoms. The average molecular weight is 557 g/mol. The number of anilines is 2. The van der Waals surface area contributed by atoms with Gasteiger partial charge < -0.3 is 15.5 Å². The summed E-state index contributed by atoms with van der Waals surface area (Å²) in [5, 5.41) is 5.94. The number of para-hydroxylation sites is 1. The predicted molar refractivity (Wildman–Crippen MR) is 166 cm³/mol. The van der Waals surface area contributed by atoms with E-state index >= 15 is 0 Å². The van der Waals surface area contributed by atoms with Crippen molar-refractivity contribution >= 4 is 40.7 Å². The van der Waals surface area contributed by atoms with Crippen LogP contribution in [0.2, 0.25) is 0 Å². The van der Waals surface area contributed by atoms with Gasteiger partial charge in [0.15, 0.2) is 0 Å². The number of pyridine rings is 1. The molecule has 2 aliphatic rings. The summed E-state index contributed by atoms with van der Waals surface area (Å²) >= 11 is 0. The number of aryl methyl sites for hydroxylation is 2. The van der Waals surface area contributed by atoms with Gasteiger partial charge in [-0.15, -0.1) is 0 Å². The Bertz CT molecular complexity index is 1700. The molecule has 2 N–H and O–H groups in total. The fourth-order valence-electron chi connectivity index (χ4n) is 5.16. The van der Waals surface area contributed by atoms with Crippen LogP contribution in [-0.4, -0.2) is 35.3 Å². The minimum Gasteiger partial charge on any atom is -0.349 e. The number of benzene rings is 3. The molecule has 3 amide bonds. The number of rotatable bonds is 6. The Kier molecular flexibility index (Phi) is 7.40. The molecule has 1 aliphatic heterocycles. The van der Waals surface area contributed by atoms with E-state index in [9.17, 15) is 14.4 Å². The van der Waals surface area contributed by atoms with Gasteiger partial charge in [0.05, 0.1) is 11.3 Å². The molecule has 0 atom stereocenters. The number of hydrogen-bond acceptors (Lipinski definition) is 4. The third kappa shape index (κ3) is 5.86. The maximum atomic E-state index is 13.8. The quantitative estimate of drug-likeness (QED) is 0.286. The Morgan fingerprint density at radius 1 is 0.857 bits per heavy atom. The van der Waals surface area contributed by atoms with Crippen molar-refractivity contribution in [2.45, 2.75) is 39.2 Å². The molecule has 6 rings (SSSR count). The summed E-state index contributed by atoms with van der Waals surface area (Å²) in [5.41, 5.74) is 7.82. The van der Waals surface area contributed by atoms with Crippen molar-refractivity contribution in [3.05, 3.63) is 124 Å². The monoisotopic (exact) mass is 556 g/mol. The van der Waals surface area contributed by atoms with E-state index in [1.54, 1.807) is 37.4 Å². The van der Waals surface area contributed by atoms with Gasteiger partial charge >= 0.3 is 0 Å². The molecule has 4 aromatic rings. The zero-order valence-electron chi connectivity index (χ0n) is 23.7. The highest BCUT2D eigenvalue weighted by atomic mass is 16.2. The van der Waals surface area contributed by atoms with Crippen LogP contribution < -0.4 is 15.5 Å². The third-order valence-electron chi connectivity index (χ3n) is 7.70. The summed E-state index contributed by atoms with van der Waals surface area (Å²) in [7, 11) is 0. The smallest absolute Gasteiger partial charge is 0.258 e. The second kappa shape index (κ2) is 11.4. The molecule has 0 saturated heterocycles. The number of carbonyl (C=O) groups excluding carboxylic acids is 3. The van der Waals surface area contributed by atoms with Gasteiger partial charge in [-0.1, -0.05) is 30.3 Å². The fourth-order valence-corrected chi connectivity index (χ4v) is 5.16. The Labute approximate surface area is 245 Å². The summed E-state index contributed by atoms with van der Waals surface area (Å²) in [5.74, 6) is -0.380. The number of nitrogens with one attached hydrogen (secondary N) is 2. The number of nitrogens with zero attached hydrogens (tertiary/aromatic N) is 2. The Hall–Kier alpha value is -5.04. The molecule has 7 heteroatoms. The SMILES string of the molecule is Cc1cnc(C)c(C(=O)Nc2ccc(C(=O)N3CCC(c4ccc(C(=O)NC5CC5)cc4)=Cc4ccccc43)cc2)c1. The molecule has 0 unspecified atom stereocenters. The third-order valence-corrected chi connectivity index (χ3v) is 7.70. The highest BCUT2D eigenvalue weighted by Crippen LogP contribution is 2.33. The van der Waals surface area contributed by atoms with Crippen LogP contribution in [0.3, 0.4) is 0 Å². The first-order valence-electron chi connectivity index (χ1n) is 14.2. The van der Waals surface area contributed by atoms with E-state index in [1.165, 1.54) is 0 Å². The molecule has 0 bridgehead atoms. The Balaban J connectivity index is 1.18. The summed E-state index contributed by atoms with van der Waals surface area (Å²) in [6, 6.07) is 24.7. The van der Waals surface area contributed by atoms with E-state index in [0.717, 1.165) is 40.8 Å². The number of fused-ring (bicyclic) bond motifs is 1. The summed E-state index contributed by atoms with van der Waals surface area (Å²) in [6.45, 7) is 4.21. The first kappa shape index (κ1) is 27.1. The van der Waals surface area contributed by atoms with E-state index in [-0.39, 0.29) is 17.7 Å². The van der Waals surface area contributed by atoms with E-state index in [2.05, 4.69) is 21.7 Å². The van der Waals surface area contributed by atoms with Crippen molar-refractivity contribution in [3.63, 3.8) is 0 Å². The maximum Gasteiger partial charge on any atom is 0.258 e. The van der Waals surface area contributed by atoms with Crippen LogP contribution in [0.5, 0.6) is 0 Å². The summed E-state index contributed by atoms with van der Waals surface area (Å²) in [6.07, 6.45) is 6.63. The number of aromatic nitrogens is 1. The zero-order chi connectivity index (χ0) is 29.2. The van der Waals surface area contributed by atoms with Crippen LogP contribution in [0, 0.1) is 13.8 Å². The Morgan fingerprint density at radius 3 is 2.31 bits per heavy atom. The second-order valence-corrected chi connectivity index (χ2v) is 10.9. The van der Waals surface area contributed by atoms with Gasteiger partial charge in [0.25, 0.3) is 17.7 Å². The largest absolute Gasteiger partial charge is 0.349 e. The van der Waals surface area contributed by atoms with Crippen LogP contribution in [0.25, 0.3) is 11.6 Å². The van der Waals surface area contributed by atoms with Gasteiger partial charge in [0.1, 0.15) is 0 Å². The normalized spacial score (nSPS) is 14.3. The van der Waals surface area contributed by atoms with Crippen molar-refractivity contribution in [3.8, 4) is 0 Å². The van der Waals surface area contributed by atoms with Gasteiger partial charge in [-0.2, -0.15) is 0 Å². The van der Waals surface area contributed by atoms with Crippen molar-refractivity contribution in [2.24, 2.45) is 0 Å². The van der Waals surface area contributed by atoms with Gasteiger partial charge in [-0.25, -0.2) is 0 Å². The van der Waals surface area contributed by atoms with Gasteiger partial charge in [-0.05, 0) is 110 Å². The van der Waals surface area contributed by atoms with Crippen LogP contribution >= 0.6 is 0 Å². The lowest BCUT2D eigenvalue weighted by atomic mass is 9.99. The fraction of sp³-hybridized carbons (Fsp3) is 0.200. The van der Waals surface area contributed by atoms with Crippen molar-refractivity contribution < 1.29 is 14.4 Å². The minimum atomic E-state index is -0.237. The van der Waals surface area contributed by atoms with Crippen LogP contribution in [0.15, 0.2) is 85.1 Å². The van der Waals surface area contributed by atoms with Gasteiger partial charge in [0.2, 0.25) is 0 Å². The van der Waals surface area contributed by atoms with Gasteiger partial charge in [-0.3, -0.25) is 19.4 Å². The molecule has 210 valence electrons. The molecule has 3 aromatic carbocycles. The standard InChI is InChI=1S/C35H32N4O3/c1-22-19-31(23(2)36-21-22)34(41)38-29-13-11-26(12-14-29)35(42)39-18-17-27(20-28-5-3-4-6-32(28)39)24-7-9-25(10-8-24)33(40)37-30-15-16-30/h3-14,19-21,30H,15-18H2,1-2H3,(H,37,40)(H,38,41). The zero-order valence-corrected chi connectivity index (χ0v) is 23.7. The summed E-state index contributed by atoms with van der Waals surface area (Å²) < 4.78 is 0. The van der Waals surface area contributed by atoms with E-state index in [4.69, 9.17) is 0 Å². The lowest BCUT2D eigenvalue weighted by Crippen LogP contribution is -2.32. The molecule has 0 radical (unpaired) electrons. The van der Waals surface area contributed by atoms with E-state index < -0.39 is 0 Å². The molecular formula is C35H32N4O3.